The van der Waals surface area contributed by atoms with Gasteiger partial charge in [-0.3, -0.25) is 4.79 Å². The van der Waals surface area contributed by atoms with E-state index in [1.54, 1.807) is 11.6 Å². The smallest absolute Gasteiger partial charge is 0.240 e. The van der Waals surface area contributed by atoms with E-state index in [1.807, 2.05) is 39.0 Å². The first-order valence-corrected chi connectivity index (χ1v) is 7.66. The molecule has 0 bridgehead atoms. The molecule has 2 rings (SSSR count). The average Bonchev–Trinajstić information content (AvgIpc) is 3.08. The van der Waals surface area contributed by atoms with E-state index in [-0.39, 0.29) is 18.4 Å². The van der Waals surface area contributed by atoms with Crippen LogP contribution in [-0.2, 0) is 4.79 Å². The first kappa shape index (κ1) is 17.4. The van der Waals surface area contributed by atoms with Gasteiger partial charge in [-0.1, -0.05) is 19.9 Å². The first-order valence-electron chi connectivity index (χ1n) is 7.66. The fraction of sp³-hybridized carbons (Fsp3) is 0.438. The molecule has 126 valence electrons. The predicted octanol–water partition coefficient (Wildman–Crippen LogP) is 1.44. The van der Waals surface area contributed by atoms with E-state index in [4.69, 9.17) is 0 Å². The second kappa shape index (κ2) is 7.08. The van der Waals surface area contributed by atoms with Gasteiger partial charge in [0, 0.05) is 5.69 Å². The highest BCUT2D eigenvalue weighted by Gasteiger charge is 2.29. The van der Waals surface area contributed by atoms with E-state index < -0.39 is 5.54 Å². The third-order valence-electron chi connectivity index (χ3n) is 4.04. The molecule has 2 N–H and O–H groups in total. The molecule has 2 aromatic rings. The van der Waals surface area contributed by atoms with Gasteiger partial charge >= 0.3 is 0 Å². The molecule has 24 heavy (non-hydrogen) atoms. The number of aryl methyl sites for hydroxylation is 1. The van der Waals surface area contributed by atoms with Gasteiger partial charge in [-0.25, -0.2) is 4.68 Å². The monoisotopic (exact) mass is 327 g/mol. The Balaban J connectivity index is 2.04. The maximum Gasteiger partial charge on any atom is 0.240 e. The van der Waals surface area contributed by atoms with Gasteiger partial charge in [-0.05, 0) is 47.9 Å². The van der Waals surface area contributed by atoms with Gasteiger partial charge < -0.3 is 10.6 Å². The molecule has 0 aliphatic heterocycles. The highest BCUT2D eigenvalue weighted by atomic mass is 16.2. The minimum absolute atomic E-state index is 0.0113. The SMILES string of the molecule is Cc1ccc(NCC(=O)NC(C)(C#N)C(C)C)cc1-n1cnnn1. The Morgan fingerprint density at radius 2 is 2.21 bits per heavy atom. The number of carbonyl (C=O) groups excluding carboxylic acids is 1. The molecular weight excluding hydrogens is 306 g/mol. The van der Waals surface area contributed by atoms with Crippen LogP contribution in [0.2, 0.25) is 0 Å². The molecule has 8 nitrogen and oxygen atoms in total. The summed E-state index contributed by atoms with van der Waals surface area (Å²) in [7, 11) is 0. The number of rotatable bonds is 6. The normalized spacial score (nSPS) is 13.2. The van der Waals surface area contributed by atoms with Gasteiger partial charge in [-0.2, -0.15) is 5.26 Å². The summed E-state index contributed by atoms with van der Waals surface area (Å²) in [4.78, 5) is 12.1. The van der Waals surface area contributed by atoms with Gasteiger partial charge in [0.25, 0.3) is 0 Å². The molecule has 0 radical (unpaired) electrons. The quantitative estimate of drug-likeness (QED) is 0.831. The van der Waals surface area contributed by atoms with Crippen LogP contribution in [0.15, 0.2) is 24.5 Å². The number of benzene rings is 1. The Hall–Kier alpha value is -2.95. The van der Waals surface area contributed by atoms with E-state index in [9.17, 15) is 10.1 Å². The molecule has 1 unspecified atom stereocenters. The van der Waals surface area contributed by atoms with E-state index in [1.165, 1.54) is 6.33 Å². The molecule has 1 atom stereocenters. The third kappa shape index (κ3) is 3.87. The number of nitriles is 1. The van der Waals surface area contributed by atoms with Gasteiger partial charge in [0.05, 0.1) is 18.3 Å². The molecular formula is C16H21N7O. The van der Waals surface area contributed by atoms with Crippen LogP contribution >= 0.6 is 0 Å². The number of tetrazole rings is 1. The molecule has 1 aromatic heterocycles. The van der Waals surface area contributed by atoms with Crippen molar-refractivity contribution in [3.05, 3.63) is 30.1 Å². The van der Waals surface area contributed by atoms with E-state index >= 15 is 0 Å². The molecule has 0 spiro atoms. The van der Waals surface area contributed by atoms with Crippen molar-refractivity contribution in [1.29, 1.82) is 5.26 Å². The molecule has 8 heteroatoms. The lowest BCUT2D eigenvalue weighted by Crippen LogP contribution is -2.50. The summed E-state index contributed by atoms with van der Waals surface area (Å²) in [6.07, 6.45) is 1.51. The van der Waals surface area contributed by atoms with Crippen molar-refractivity contribution >= 4 is 11.6 Å². The molecule has 0 saturated carbocycles. The maximum absolute atomic E-state index is 12.1. The lowest BCUT2D eigenvalue weighted by Gasteiger charge is -2.27. The molecule has 0 fully saturated rings. The highest BCUT2D eigenvalue weighted by Crippen LogP contribution is 2.18. The van der Waals surface area contributed by atoms with Gasteiger partial charge in [-0.15, -0.1) is 5.10 Å². The van der Waals surface area contributed by atoms with Crippen molar-refractivity contribution in [2.75, 3.05) is 11.9 Å². The van der Waals surface area contributed by atoms with Crippen LogP contribution in [-0.4, -0.2) is 38.2 Å². The Morgan fingerprint density at radius 1 is 1.46 bits per heavy atom. The molecule has 0 aliphatic carbocycles. The summed E-state index contributed by atoms with van der Waals surface area (Å²) in [6, 6.07) is 7.82. The van der Waals surface area contributed by atoms with Crippen LogP contribution in [0.5, 0.6) is 0 Å². The summed E-state index contributed by atoms with van der Waals surface area (Å²) >= 11 is 0. The average molecular weight is 327 g/mol. The predicted molar refractivity (Wildman–Crippen MR) is 89.4 cm³/mol. The zero-order valence-corrected chi connectivity index (χ0v) is 14.2. The van der Waals surface area contributed by atoms with Crippen molar-refractivity contribution in [2.24, 2.45) is 5.92 Å². The van der Waals surface area contributed by atoms with Crippen molar-refractivity contribution in [3.8, 4) is 11.8 Å². The molecule has 0 aliphatic rings. The molecule has 0 saturated heterocycles. The zero-order valence-electron chi connectivity index (χ0n) is 14.2. The Bertz CT molecular complexity index is 748. The summed E-state index contributed by atoms with van der Waals surface area (Å²) < 4.78 is 1.56. The first-order chi connectivity index (χ1) is 11.4. The standard InChI is InChI=1S/C16H21N7O/c1-11(2)16(4,9-17)20-15(24)8-18-13-6-5-12(3)14(7-13)23-10-19-21-22-23/h5-7,10-11,18H,8H2,1-4H3,(H,20,24). The second-order valence-corrected chi connectivity index (χ2v) is 6.13. The molecule has 1 amide bonds. The topological polar surface area (TPSA) is 109 Å². The minimum atomic E-state index is -0.885. The number of carbonyl (C=O) groups is 1. The van der Waals surface area contributed by atoms with Crippen LogP contribution in [0, 0.1) is 24.2 Å². The van der Waals surface area contributed by atoms with Gasteiger partial charge in [0.1, 0.15) is 11.9 Å². The van der Waals surface area contributed by atoms with Gasteiger partial charge in [0.15, 0.2) is 0 Å². The number of amides is 1. The second-order valence-electron chi connectivity index (χ2n) is 6.13. The van der Waals surface area contributed by atoms with E-state index in [2.05, 4.69) is 32.2 Å². The number of aromatic nitrogens is 4. The Kier molecular flexibility index (Phi) is 5.14. The number of hydrogen-bond acceptors (Lipinski definition) is 6. The number of hydrogen-bond donors (Lipinski definition) is 2. The van der Waals surface area contributed by atoms with Crippen LogP contribution in [0.1, 0.15) is 26.3 Å². The minimum Gasteiger partial charge on any atom is -0.376 e. The number of nitrogens with one attached hydrogen (secondary N) is 2. The Morgan fingerprint density at radius 3 is 2.79 bits per heavy atom. The number of nitrogens with zero attached hydrogens (tertiary/aromatic N) is 5. The fourth-order valence-corrected chi connectivity index (χ4v) is 2.06. The van der Waals surface area contributed by atoms with Gasteiger partial charge in [0.2, 0.25) is 5.91 Å². The van der Waals surface area contributed by atoms with E-state index in [0.29, 0.717) is 0 Å². The van der Waals surface area contributed by atoms with Crippen molar-refractivity contribution in [2.45, 2.75) is 33.2 Å². The van der Waals surface area contributed by atoms with Crippen LogP contribution in [0.25, 0.3) is 5.69 Å². The highest BCUT2D eigenvalue weighted by molar-refractivity contribution is 5.82. The number of anilines is 1. The largest absolute Gasteiger partial charge is 0.376 e. The lowest BCUT2D eigenvalue weighted by atomic mass is 9.90. The molecule has 1 aromatic carbocycles. The summed E-state index contributed by atoms with van der Waals surface area (Å²) in [5.74, 6) is -0.227. The lowest BCUT2D eigenvalue weighted by molar-refractivity contribution is -0.121. The summed E-state index contributed by atoms with van der Waals surface area (Å²) in [5, 5.41) is 26.2. The zero-order chi connectivity index (χ0) is 17.7. The van der Waals surface area contributed by atoms with Crippen LogP contribution in [0.3, 0.4) is 0 Å². The maximum atomic E-state index is 12.1. The summed E-state index contributed by atoms with van der Waals surface area (Å²) in [5.41, 5.74) is 1.72. The fourth-order valence-electron chi connectivity index (χ4n) is 2.06. The Labute approximate surface area is 140 Å². The van der Waals surface area contributed by atoms with Crippen LogP contribution < -0.4 is 10.6 Å². The van der Waals surface area contributed by atoms with Crippen molar-refractivity contribution in [3.63, 3.8) is 0 Å². The third-order valence-corrected chi connectivity index (χ3v) is 4.04. The van der Waals surface area contributed by atoms with E-state index in [0.717, 1.165) is 16.9 Å². The summed E-state index contributed by atoms with van der Waals surface area (Å²) in [6.45, 7) is 7.54. The van der Waals surface area contributed by atoms with Crippen LogP contribution in [0.4, 0.5) is 5.69 Å². The molecule has 1 heterocycles. The van der Waals surface area contributed by atoms with Crippen molar-refractivity contribution in [1.82, 2.24) is 25.5 Å². The van der Waals surface area contributed by atoms with Crippen molar-refractivity contribution < 1.29 is 4.79 Å².